The molecule has 0 bridgehead atoms. The van der Waals surface area contributed by atoms with Gasteiger partial charge < -0.3 is 15.5 Å². The van der Waals surface area contributed by atoms with E-state index in [-0.39, 0.29) is 12.5 Å². The number of carbonyl (C=O) groups is 2. The van der Waals surface area contributed by atoms with Crippen LogP contribution >= 0.6 is 0 Å². The third-order valence-corrected chi connectivity index (χ3v) is 2.57. The molecule has 1 atom stereocenters. The van der Waals surface area contributed by atoms with Gasteiger partial charge in [0.05, 0.1) is 6.54 Å². The third kappa shape index (κ3) is 4.46. The van der Waals surface area contributed by atoms with Gasteiger partial charge in [0.15, 0.2) is 0 Å². The third-order valence-electron chi connectivity index (χ3n) is 2.57. The maximum atomic E-state index is 12.2. The van der Waals surface area contributed by atoms with E-state index in [9.17, 15) is 9.59 Å². The molecule has 19 heavy (non-hydrogen) atoms. The molecule has 0 aliphatic heterocycles. The van der Waals surface area contributed by atoms with E-state index in [0.29, 0.717) is 12.1 Å². The summed E-state index contributed by atoms with van der Waals surface area (Å²) in [5.74, 6) is -0.0709. The smallest absolute Gasteiger partial charge is 0.249 e. The molecule has 0 fully saturated rings. The molecule has 0 aliphatic carbocycles. The predicted octanol–water partition coefficient (Wildman–Crippen LogP) is 0.665. The van der Waals surface area contributed by atoms with E-state index in [2.05, 4.69) is 17.2 Å². The van der Waals surface area contributed by atoms with E-state index >= 15 is 0 Å². The molecule has 1 aromatic rings. The van der Waals surface area contributed by atoms with Gasteiger partial charge in [-0.3, -0.25) is 9.59 Å². The van der Waals surface area contributed by atoms with Gasteiger partial charge in [-0.1, -0.05) is 36.9 Å². The van der Waals surface area contributed by atoms with Crippen molar-refractivity contribution in [3.05, 3.63) is 48.2 Å². The monoisotopic (exact) mass is 261 g/mol. The number of nitrogens with zero attached hydrogens (tertiary/aromatic N) is 1. The van der Waals surface area contributed by atoms with Crippen molar-refractivity contribution in [1.29, 1.82) is 0 Å². The summed E-state index contributed by atoms with van der Waals surface area (Å²) in [4.78, 5) is 24.0. The summed E-state index contributed by atoms with van der Waals surface area (Å²) in [7, 11) is 3.40. The van der Waals surface area contributed by atoms with Crippen LogP contribution in [-0.4, -0.2) is 37.9 Å². The SMILES string of the molecule is C=C(CNC=O)NC(C(=O)N(C)C)c1ccccc1. The molecule has 0 saturated heterocycles. The van der Waals surface area contributed by atoms with Crippen molar-refractivity contribution < 1.29 is 9.59 Å². The Morgan fingerprint density at radius 2 is 2.00 bits per heavy atom. The normalized spacial score (nSPS) is 11.3. The Kier molecular flexibility index (Phi) is 5.60. The average Bonchev–Trinajstić information content (AvgIpc) is 2.42. The number of amides is 2. The molecule has 0 heterocycles. The van der Waals surface area contributed by atoms with Crippen LogP contribution in [0.1, 0.15) is 11.6 Å². The fourth-order valence-electron chi connectivity index (χ4n) is 1.61. The maximum Gasteiger partial charge on any atom is 0.249 e. The molecule has 1 unspecified atom stereocenters. The second kappa shape index (κ2) is 7.20. The lowest BCUT2D eigenvalue weighted by Crippen LogP contribution is -2.38. The number of likely N-dealkylation sites (N-methyl/N-ethyl adjacent to an activating group) is 1. The standard InChI is InChI=1S/C14H19N3O2/c1-11(9-15-10-18)16-13(14(19)17(2)3)12-7-5-4-6-8-12/h4-8,10,13,16H,1,9H2,2-3H3,(H,15,18). The van der Waals surface area contributed by atoms with Gasteiger partial charge in [-0.25, -0.2) is 0 Å². The molecule has 0 spiro atoms. The highest BCUT2D eigenvalue weighted by Crippen LogP contribution is 2.15. The lowest BCUT2D eigenvalue weighted by molar-refractivity contribution is -0.130. The molecule has 102 valence electrons. The van der Waals surface area contributed by atoms with Crippen LogP contribution in [0.25, 0.3) is 0 Å². The van der Waals surface area contributed by atoms with Crippen molar-refractivity contribution in [2.45, 2.75) is 6.04 Å². The first-order chi connectivity index (χ1) is 9.06. The second-order valence-electron chi connectivity index (χ2n) is 4.32. The van der Waals surface area contributed by atoms with Crippen molar-refractivity contribution in [3.8, 4) is 0 Å². The van der Waals surface area contributed by atoms with Crippen molar-refractivity contribution in [2.24, 2.45) is 0 Å². The van der Waals surface area contributed by atoms with Crippen LogP contribution < -0.4 is 10.6 Å². The molecular weight excluding hydrogens is 242 g/mol. The molecule has 0 aliphatic rings. The van der Waals surface area contributed by atoms with E-state index in [0.717, 1.165) is 5.56 Å². The zero-order valence-corrected chi connectivity index (χ0v) is 11.2. The summed E-state index contributed by atoms with van der Waals surface area (Å²) >= 11 is 0. The molecule has 2 amide bonds. The first kappa shape index (κ1) is 14.8. The largest absolute Gasteiger partial charge is 0.372 e. The Balaban J connectivity index is 2.85. The summed E-state index contributed by atoms with van der Waals surface area (Å²) in [5.41, 5.74) is 1.43. The molecule has 5 heteroatoms. The second-order valence-corrected chi connectivity index (χ2v) is 4.32. The topological polar surface area (TPSA) is 61.4 Å². The van der Waals surface area contributed by atoms with Crippen LogP contribution in [0.2, 0.25) is 0 Å². The number of benzene rings is 1. The zero-order chi connectivity index (χ0) is 14.3. The maximum absolute atomic E-state index is 12.2. The highest BCUT2D eigenvalue weighted by atomic mass is 16.2. The molecule has 5 nitrogen and oxygen atoms in total. The van der Waals surface area contributed by atoms with Gasteiger partial charge in [0.2, 0.25) is 12.3 Å². The van der Waals surface area contributed by atoms with Crippen molar-refractivity contribution >= 4 is 12.3 Å². The minimum atomic E-state index is -0.503. The van der Waals surface area contributed by atoms with Crippen LogP contribution in [0.5, 0.6) is 0 Å². The number of hydrogen-bond donors (Lipinski definition) is 2. The van der Waals surface area contributed by atoms with Gasteiger partial charge >= 0.3 is 0 Å². The van der Waals surface area contributed by atoms with Crippen LogP contribution in [-0.2, 0) is 9.59 Å². The van der Waals surface area contributed by atoms with Crippen LogP contribution in [0.15, 0.2) is 42.6 Å². The Hall–Kier alpha value is -2.30. The van der Waals surface area contributed by atoms with E-state index < -0.39 is 6.04 Å². The Labute approximate surface area is 113 Å². The van der Waals surface area contributed by atoms with Crippen molar-refractivity contribution in [1.82, 2.24) is 15.5 Å². The Morgan fingerprint density at radius 1 is 1.37 bits per heavy atom. The van der Waals surface area contributed by atoms with Crippen molar-refractivity contribution in [2.75, 3.05) is 20.6 Å². The van der Waals surface area contributed by atoms with E-state index in [1.807, 2.05) is 30.3 Å². The molecular formula is C14H19N3O2. The number of carbonyl (C=O) groups excluding carboxylic acids is 2. The quantitative estimate of drug-likeness (QED) is 0.709. The molecule has 0 aromatic heterocycles. The fourth-order valence-corrected chi connectivity index (χ4v) is 1.61. The lowest BCUT2D eigenvalue weighted by Gasteiger charge is -2.24. The van der Waals surface area contributed by atoms with E-state index in [1.165, 1.54) is 4.90 Å². The number of nitrogens with one attached hydrogen (secondary N) is 2. The number of hydrogen-bond acceptors (Lipinski definition) is 3. The summed E-state index contributed by atoms with van der Waals surface area (Å²) < 4.78 is 0. The highest BCUT2D eigenvalue weighted by molar-refractivity contribution is 5.83. The highest BCUT2D eigenvalue weighted by Gasteiger charge is 2.22. The summed E-state index contributed by atoms with van der Waals surface area (Å²) in [6.45, 7) is 4.08. The molecule has 1 aromatic carbocycles. The van der Waals surface area contributed by atoms with E-state index in [4.69, 9.17) is 0 Å². The van der Waals surface area contributed by atoms with Gasteiger partial charge in [0, 0.05) is 19.8 Å². The Bertz CT molecular complexity index is 443. The first-order valence-electron chi connectivity index (χ1n) is 5.93. The van der Waals surface area contributed by atoms with Gasteiger partial charge in [-0.15, -0.1) is 0 Å². The summed E-state index contributed by atoms with van der Waals surface area (Å²) in [5, 5.41) is 5.55. The van der Waals surface area contributed by atoms with Crippen LogP contribution in [0.4, 0.5) is 0 Å². The molecule has 0 radical (unpaired) electrons. The van der Waals surface area contributed by atoms with Gasteiger partial charge in [-0.05, 0) is 5.56 Å². The molecule has 0 saturated carbocycles. The Morgan fingerprint density at radius 3 is 2.53 bits per heavy atom. The minimum Gasteiger partial charge on any atom is -0.372 e. The first-order valence-corrected chi connectivity index (χ1v) is 5.93. The zero-order valence-electron chi connectivity index (χ0n) is 11.2. The average molecular weight is 261 g/mol. The fraction of sp³-hybridized carbons (Fsp3) is 0.286. The van der Waals surface area contributed by atoms with E-state index in [1.54, 1.807) is 14.1 Å². The van der Waals surface area contributed by atoms with Crippen molar-refractivity contribution in [3.63, 3.8) is 0 Å². The van der Waals surface area contributed by atoms with Crippen LogP contribution in [0, 0.1) is 0 Å². The summed E-state index contributed by atoms with van der Waals surface area (Å²) in [6.07, 6.45) is 0.595. The molecule has 2 N–H and O–H groups in total. The van der Waals surface area contributed by atoms with Gasteiger partial charge in [0.25, 0.3) is 0 Å². The summed E-state index contributed by atoms with van der Waals surface area (Å²) in [6, 6.07) is 8.89. The minimum absolute atomic E-state index is 0.0709. The predicted molar refractivity (Wildman–Crippen MR) is 74.2 cm³/mol. The van der Waals surface area contributed by atoms with Gasteiger partial charge in [0.1, 0.15) is 6.04 Å². The van der Waals surface area contributed by atoms with Crippen LogP contribution in [0.3, 0.4) is 0 Å². The number of rotatable bonds is 7. The molecule has 1 rings (SSSR count). The van der Waals surface area contributed by atoms with Gasteiger partial charge in [-0.2, -0.15) is 0 Å². The lowest BCUT2D eigenvalue weighted by atomic mass is 10.1.